The summed E-state index contributed by atoms with van der Waals surface area (Å²) in [4.78, 5) is 34.2. The summed E-state index contributed by atoms with van der Waals surface area (Å²) >= 11 is 3.23. The molecule has 1 unspecified atom stereocenters. The van der Waals surface area contributed by atoms with Gasteiger partial charge in [0.1, 0.15) is 5.75 Å². The standard InChI is InChI=1S/C13H13BrN2O6/c1-21-10(13(19)20)4-15-12(18)6-2-9-8(3-7(6)14)16-11(17)5-22-9/h2-3,10H,4-5H2,1H3,(H,15,18)(H,16,17)(H,19,20). The first-order chi connectivity index (χ1) is 10.4. The molecule has 1 aromatic carbocycles. The third-order valence-corrected chi connectivity index (χ3v) is 3.61. The van der Waals surface area contributed by atoms with Crippen molar-refractivity contribution in [1.29, 1.82) is 0 Å². The van der Waals surface area contributed by atoms with E-state index in [0.29, 0.717) is 15.9 Å². The van der Waals surface area contributed by atoms with Crippen molar-refractivity contribution in [3.63, 3.8) is 0 Å². The number of methoxy groups -OCH3 is 1. The Morgan fingerprint density at radius 2 is 2.27 bits per heavy atom. The van der Waals surface area contributed by atoms with Gasteiger partial charge >= 0.3 is 5.97 Å². The van der Waals surface area contributed by atoms with E-state index in [-0.39, 0.29) is 24.6 Å². The molecule has 1 aromatic rings. The lowest BCUT2D eigenvalue weighted by Crippen LogP contribution is -2.38. The lowest BCUT2D eigenvalue weighted by atomic mass is 10.1. The summed E-state index contributed by atoms with van der Waals surface area (Å²) in [6.45, 7) is -0.299. The third kappa shape index (κ3) is 3.55. The second-order valence-electron chi connectivity index (χ2n) is 4.44. The van der Waals surface area contributed by atoms with Gasteiger partial charge in [-0.3, -0.25) is 9.59 Å². The fourth-order valence-electron chi connectivity index (χ4n) is 1.83. The van der Waals surface area contributed by atoms with Crippen LogP contribution in [0.2, 0.25) is 0 Å². The van der Waals surface area contributed by atoms with Crippen molar-refractivity contribution in [2.75, 3.05) is 25.6 Å². The van der Waals surface area contributed by atoms with Crippen LogP contribution in [0.15, 0.2) is 16.6 Å². The van der Waals surface area contributed by atoms with Crippen molar-refractivity contribution in [3.8, 4) is 5.75 Å². The largest absolute Gasteiger partial charge is 0.482 e. The minimum absolute atomic E-state index is 0.125. The molecular formula is C13H13BrN2O6. The molecule has 0 radical (unpaired) electrons. The van der Waals surface area contributed by atoms with Gasteiger partial charge in [-0.05, 0) is 28.1 Å². The SMILES string of the molecule is COC(CNC(=O)c1cc2c(cc1Br)NC(=O)CO2)C(=O)O. The highest BCUT2D eigenvalue weighted by atomic mass is 79.9. The van der Waals surface area contributed by atoms with Crippen LogP contribution in [-0.2, 0) is 14.3 Å². The quantitative estimate of drug-likeness (QED) is 0.697. The van der Waals surface area contributed by atoms with Crippen molar-refractivity contribution in [3.05, 3.63) is 22.2 Å². The molecule has 0 aliphatic carbocycles. The van der Waals surface area contributed by atoms with E-state index in [1.54, 1.807) is 6.07 Å². The Bertz CT molecular complexity index is 633. The smallest absolute Gasteiger partial charge is 0.334 e. The number of carbonyl (C=O) groups excluding carboxylic acids is 2. The Hall–Kier alpha value is -2.13. The lowest BCUT2D eigenvalue weighted by Gasteiger charge is -2.19. The third-order valence-electron chi connectivity index (χ3n) is 2.95. The number of fused-ring (bicyclic) bond motifs is 1. The zero-order valence-corrected chi connectivity index (χ0v) is 13.1. The number of anilines is 1. The van der Waals surface area contributed by atoms with Crippen molar-refractivity contribution in [2.24, 2.45) is 0 Å². The van der Waals surface area contributed by atoms with Gasteiger partial charge in [-0.15, -0.1) is 0 Å². The van der Waals surface area contributed by atoms with E-state index in [9.17, 15) is 14.4 Å². The van der Waals surface area contributed by atoms with Gasteiger partial charge in [-0.1, -0.05) is 0 Å². The lowest BCUT2D eigenvalue weighted by molar-refractivity contribution is -0.148. The highest BCUT2D eigenvalue weighted by molar-refractivity contribution is 9.10. The van der Waals surface area contributed by atoms with Crippen molar-refractivity contribution >= 4 is 39.4 Å². The number of carboxylic acid groups (broad SMARTS) is 1. The first-order valence-electron chi connectivity index (χ1n) is 6.22. The van der Waals surface area contributed by atoms with Gasteiger partial charge in [-0.25, -0.2) is 4.79 Å². The predicted molar refractivity (Wildman–Crippen MR) is 79.0 cm³/mol. The van der Waals surface area contributed by atoms with Crippen molar-refractivity contribution in [2.45, 2.75) is 6.10 Å². The maximum atomic E-state index is 12.1. The molecule has 0 bridgehead atoms. The Labute approximate surface area is 133 Å². The number of ether oxygens (including phenoxy) is 2. The van der Waals surface area contributed by atoms with E-state index in [1.165, 1.54) is 13.2 Å². The molecule has 0 saturated carbocycles. The highest BCUT2D eigenvalue weighted by Gasteiger charge is 2.22. The maximum Gasteiger partial charge on any atom is 0.334 e. The number of hydrogen-bond donors (Lipinski definition) is 3. The van der Waals surface area contributed by atoms with Crippen LogP contribution >= 0.6 is 15.9 Å². The Kier molecular flexibility index (Phi) is 4.99. The Balaban J connectivity index is 2.13. The molecule has 1 atom stereocenters. The Morgan fingerprint density at radius 1 is 1.55 bits per heavy atom. The average Bonchev–Trinajstić information content (AvgIpc) is 2.46. The monoisotopic (exact) mass is 372 g/mol. The summed E-state index contributed by atoms with van der Waals surface area (Å²) in [6.07, 6.45) is -1.13. The fourth-order valence-corrected chi connectivity index (χ4v) is 2.35. The molecule has 2 rings (SSSR count). The van der Waals surface area contributed by atoms with Crippen LogP contribution in [-0.4, -0.2) is 49.3 Å². The molecule has 0 fully saturated rings. The summed E-state index contributed by atoms with van der Waals surface area (Å²) < 4.78 is 10.4. The number of benzene rings is 1. The first-order valence-corrected chi connectivity index (χ1v) is 7.01. The van der Waals surface area contributed by atoms with Gasteiger partial charge in [0, 0.05) is 11.6 Å². The molecule has 0 saturated heterocycles. The van der Waals surface area contributed by atoms with Crippen LogP contribution in [0, 0.1) is 0 Å². The highest BCUT2D eigenvalue weighted by Crippen LogP contribution is 2.33. The summed E-state index contributed by atoms with van der Waals surface area (Å²) in [7, 11) is 1.25. The summed E-state index contributed by atoms with van der Waals surface area (Å²) in [5, 5.41) is 13.9. The molecule has 22 heavy (non-hydrogen) atoms. The van der Waals surface area contributed by atoms with Gasteiger partial charge in [0.2, 0.25) is 0 Å². The van der Waals surface area contributed by atoms with E-state index in [4.69, 9.17) is 14.6 Å². The van der Waals surface area contributed by atoms with E-state index < -0.39 is 18.0 Å². The molecule has 8 nitrogen and oxygen atoms in total. The number of carbonyl (C=O) groups is 3. The van der Waals surface area contributed by atoms with E-state index in [0.717, 1.165) is 0 Å². The van der Waals surface area contributed by atoms with Crippen LogP contribution in [0.4, 0.5) is 5.69 Å². The van der Waals surface area contributed by atoms with E-state index in [1.807, 2.05) is 0 Å². The molecule has 1 heterocycles. The molecule has 9 heteroatoms. The number of carboxylic acids is 1. The number of nitrogens with one attached hydrogen (secondary N) is 2. The molecule has 2 amide bonds. The second kappa shape index (κ2) is 6.75. The average molecular weight is 373 g/mol. The topological polar surface area (TPSA) is 114 Å². The number of hydrogen-bond acceptors (Lipinski definition) is 5. The fraction of sp³-hybridized carbons (Fsp3) is 0.308. The van der Waals surface area contributed by atoms with Gasteiger partial charge in [0.15, 0.2) is 12.7 Å². The molecule has 0 spiro atoms. The van der Waals surface area contributed by atoms with Crippen LogP contribution in [0.3, 0.4) is 0 Å². The zero-order chi connectivity index (χ0) is 16.3. The van der Waals surface area contributed by atoms with Crippen LogP contribution in [0.1, 0.15) is 10.4 Å². The zero-order valence-electron chi connectivity index (χ0n) is 11.5. The van der Waals surface area contributed by atoms with E-state index >= 15 is 0 Å². The summed E-state index contributed by atoms with van der Waals surface area (Å²) in [5.41, 5.74) is 0.718. The predicted octanol–water partition coefficient (Wildman–Crippen LogP) is 0.609. The molecule has 1 aliphatic rings. The van der Waals surface area contributed by atoms with Gasteiger partial charge in [0.25, 0.3) is 11.8 Å². The minimum atomic E-state index is -1.17. The van der Waals surface area contributed by atoms with Crippen molar-refractivity contribution in [1.82, 2.24) is 5.32 Å². The Morgan fingerprint density at radius 3 is 2.91 bits per heavy atom. The molecule has 1 aliphatic heterocycles. The second-order valence-corrected chi connectivity index (χ2v) is 5.29. The van der Waals surface area contributed by atoms with Gasteiger partial charge in [-0.2, -0.15) is 0 Å². The number of aliphatic carboxylic acids is 1. The van der Waals surface area contributed by atoms with Crippen LogP contribution < -0.4 is 15.4 Å². The minimum Gasteiger partial charge on any atom is -0.482 e. The molecular weight excluding hydrogens is 360 g/mol. The summed E-state index contributed by atoms with van der Waals surface area (Å²) in [6, 6.07) is 3.02. The van der Waals surface area contributed by atoms with Crippen LogP contribution in [0.5, 0.6) is 5.75 Å². The molecule has 118 valence electrons. The number of rotatable bonds is 5. The van der Waals surface area contributed by atoms with Crippen LogP contribution in [0.25, 0.3) is 0 Å². The number of halogens is 1. The molecule has 3 N–H and O–H groups in total. The van der Waals surface area contributed by atoms with Crippen molar-refractivity contribution < 1.29 is 29.0 Å². The molecule has 0 aromatic heterocycles. The van der Waals surface area contributed by atoms with Gasteiger partial charge < -0.3 is 25.2 Å². The van der Waals surface area contributed by atoms with E-state index in [2.05, 4.69) is 26.6 Å². The van der Waals surface area contributed by atoms with Gasteiger partial charge in [0.05, 0.1) is 17.8 Å². The number of amides is 2. The summed E-state index contributed by atoms with van der Waals surface area (Å²) in [5.74, 6) is -1.56. The first kappa shape index (κ1) is 16.2. The normalized spacial score (nSPS) is 14.4. The maximum absolute atomic E-state index is 12.1.